The number of nitrogens with one attached hydrogen (secondary N) is 1. The summed E-state index contributed by atoms with van der Waals surface area (Å²) in [4.78, 5) is 11.6. The summed E-state index contributed by atoms with van der Waals surface area (Å²) in [6.07, 6.45) is 5.11. The number of aliphatic carboxylic acids is 1. The summed E-state index contributed by atoms with van der Waals surface area (Å²) in [5.74, 6) is -0.924. The van der Waals surface area contributed by atoms with Crippen molar-refractivity contribution >= 4 is 17.2 Å². The van der Waals surface area contributed by atoms with E-state index in [2.05, 4.69) is 37.4 Å². The third kappa shape index (κ3) is 5.77. The summed E-state index contributed by atoms with van der Waals surface area (Å²) in [6.45, 7) is 8.88. The van der Waals surface area contributed by atoms with Gasteiger partial charge in [0.15, 0.2) is 0 Å². The van der Waals surface area contributed by atoms with Crippen LogP contribution in [0.25, 0.3) is 16.7 Å². The smallest absolute Gasteiger partial charge is 0.306 e. The van der Waals surface area contributed by atoms with Gasteiger partial charge in [0.05, 0.1) is 13.0 Å². The highest BCUT2D eigenvalue weighted by Crippen LogP contribution is 2.47. The normalized spacial score (nSPS) is 16.0. The first-order valence-electron chi connectivity index (χ1n) is 13.4. The lowest BCUT2D eigenvalue weighted by atomic mass is 9.79. The summed E-state index contributed by atoms with van der Waals surface area (Å²) < 4.78 is 20.4. The molecule has 0 bridgehead atoms. The number of halogens is 1. The van der Waals surface area contributed by atoms with Gasteiger partial charge >= 0.3 is 5.97 Å². The van der Waals surface area contributed by atoms with Crippen LogP contribution in [0.15, 0.2) is 66.7 Å². The maximum absolute atomic E-state index is 15.0. The van der Waals surface area contributed by atoms with Gasteiger partial charge in [-0.2, -0.15) is 0 Å². The van der Waals surface area contributed by atoms with E-state index >= 15 is 4.39 Å². The molecule has 0 saturated heterocycles. The highest BCUT2D eigenvalue weighted by Gasteiger charge is 2.30. The van der Waals surface area contributed by atoms with E-state index in [1.807, 2.05) is 37.3 Å². The number of carboxylic acids is 1. The van der Waals surface area contributed by atoms with E-state index in [-0.39, 0.29) is 17.2 Å². The van der Waals surface area contributed by atoms with Crippen molar-refractivity contribution in [1.29, 1.82) is 0 Å². The van der Waals surface area contributed by atoms with Crippen molar-refractivity contribution in [3.8, 4) is 16.9 Å². The molecule has 1 aliphatic rings. The van der Waals surface area contributed by atoms with Gasteiger partial charge in [-0.3, -0.25) is 4.79 Å². The average Bonchev–Trinajstić information content (AvgIpc) is 3.27. The number of carbonyl (C=O) groups is 1. The molecule has 1 unspecified atom stereocenters. The maximum Gasteiger partial charge on any atom is 0.306 e. The summed E-state index contributed by atoms with van der Waals surface area (Å²) in [6, 6.07) is 19.1. The molecule has 2 atom stereocenters. The number of ether oxygens (including phenoxy) is 1. The minimum atomic E-state index is -0.778. The lowest BCUT2D eigenvalue weighted by Gasteiger charge is -2.26. The monoisotopic (exact) mass is 515 g/mol. The van der Waals surface area contributed by atoms with E-state index in [1.165, 1.54) is 11.6 Å². The van der Waals surface area contributed by atoms with Gasteiger partial charge in [-0.1, -0.05) is 58.0 Å². The number of anilines is 1. The zero-order chi connectivity index (χ0) is 27.4. The van der Waals surface area contributed by atoms with Crippen LogP contribution in [0.2, 0.25) is 0 Å². The van der Waals surface area contributed by atoms with E-state index in [1.54, 1.807) is 26.2 Å². The molecule has 4 nitrogen and oxygen atoms in total. The fourth-order valence-corrected chi connectivity index (χ4v) is 5.59. The second-order valence-corrected chi connectivity index (χ2v) is 10.9. The Hall–Kier alpha value is -3.60. The molecule has 3 aromatic carbocycles. The zero-order valence-corrected chi connectivity index (χ0v) is 23.0. The van der Waals surface area contributed by atoms with E-state index < -0.39 is 11.9 Å². The molecule has 200 valence electrons. The molecular formula is C33H38FNO3. The number of methoxy groups -OCH3 is 1. The molecule has 0 aromatic heterocycles. The molecule has 2 N–H and O–H groups in total. The first-order valence-corrected chi connectivity index (χ1v) is 13.4. The zero-order valence-electron chi connectivity index (χ0n) is 23.0. The minimum Gasteiger partial charge on any atom is -0.497 e. The van der Waals surface area contributed by atoms with Crippen LogP contribution in [0.1, 0.15) is 69.6 Å². The minimum absolute atomic E-state index is 0.000472. The van der Waals surface area contributed by atoms with Gasteiger partial charge in [0.2, 0.25) is 0 Å². The van der Waals surface area contributed by atoms with Crippen molar-refractivity contribution in [2.24, 2.45) is 11.3 Å². The molecule has 3 aromatic rings. The van der Waals surface area contributed by atoms with Crippen LogP contribution in [-0.4, -0.2) is 18.2 Å². The quantitative estimate of drug-likeness (QED) is 0.284. The first-order chi connectivity index (χ1) is 18.1. The SMILES string of the molecule is CC[C@@H](c1cccc(NCc2ccc(-c3cc(OC)ccc3F)c(C3=CCCC3(C)C)c2)c1)C(C)C(=O)O. The standard InChI is InChI=1S/C33H38FNO3/c1-6-26(21(2)32(36)37)23-9-7-10-24(18-23)35-20-22-12-14-27(29-19-25(38-5)13-15-31(29)34)28(17-22)30-11-8-16-33(30,3)4/h7,9-15,17-19,21,26,35H,6,8,16,20H2,1-5H3,(H,36,37)/t21?,26-/m1/s1. The molecule has 1 aliphatic carbocycles. The predicted molar refractivity (Wildman–Crippen MR) is 153 cm³/mol. The second kappa shape index (κ2) is 11.4. The maximum atomic E-state index is 15.0. The van der Waals surface area contributed by atoms with Gasteiger partial charge in [-0.25, -0.2) is 4.39 Å². The molecule has 0 radical (unpaired) electrons. The average molecular weight is 516 g/mol. The number of allylic oxidation sites excluding steroid dienone is 2. The van der Waals surface area contributed by atoms with Crippen molar-refractivity contribution in [2.45, 2.75) is 59.4 Å². The fraction of sp³-hybridized carbons (Fsp3) is 0.364. The van der Waals surface area contributed by atoms with E-state index in [0.717, 1.165) is 47.2 Å². The van der Waals surface area contributed by atoms with E-state index in [9.17, 15) is 9.90 Å². The molecule has 0 heterocycles. The highest BCUT2D eigenvalue weighted by molar-refractivity contribution is 5.85. The van der Waals surface area contributed by atoms with Crippen LogP contribution in [0, 0.1) is 17.2 Å². The molecule has 0 spiro atoms. The highest BCUT2D eigenvalue weighted by atomic mass is 19.1. The van der Waals surface area contributed by atoms with Crippen LogP contribution in [-0.2, 0) is 11.3 Å². The summed E-state index contributed by atoms with van der Waals surface area (Å²) in [7, 11) is 1.59. The number of rotatable bonds is 10. The topological polar surface area (TPSA) is 58.6 Å². The molecular weight excluding hydrogens is 477 g/mol. The molecule has 0 aliphatic heterocycles. The molecule has 5 heteroatoms. The molecule has 0 fully saturated rings. The van der Waals surface area contributed by atoms with Crippen molar-refractivity contribution < 1.29 is 19.0 Å². The second-order valence-electron chi connectivity index (χ2n) is 10.9. The lowest BCUT2D eigenvalue weighted by molar-refractivity contribution is -0.141. The number of carboxylic acid groups (broad SMARTS) is 1. The van der Waals surface area contributed by atoms with Gasteiger partial charge in [0.1, 0.15) is 11.6 Å². The molecule has 0 saturated carbocycles. The van der Waals surface area contributed by atoms with Gasteiger partial charge in [0.25, 0.3) is 0 Å². The number of benzene rings is 3. The molecule has 0 amide bonds. The molecule has 38 heavy (non-hydrogen) atoms. The van der Waals surface area contributed by atoms with Gasteiger partial charge in [-0.15, -0.1) is 0 Å². The van der Waals surface area contributed by atoms with Crippen molar-refractivity contribution in [2.75, 3.05) is 12.4 Å². The summed E-state index contributed by atoms with van der Waals surface area (Å²) >= 11 is 0. The van der Waals surface area contributed by atoms with E-state index in [0.29, 0.717) is 17.9 Å². The van der Waals surface area contributed by atoms with Gasteiger partial charge in [-0.05, 0) is 94.8 Å². The Kier molecular flexibility index (Phi) is 8.25. The van der Waals surface area contributed by atoms with Crippen LogP contribution < -0.4 is 10.1 Å². The van der Waals surface area contributed by atoms with Gasteiger partial charge in [0, 0.05) is 17.8 Å². The Bertz CT molecular complexity index is 1340. The first kappa shape index (κ1) is 27.4. The third-order valence-corrected chi connectivity index (χ3v) is 7.93. The Morgan fingerprint density at radius 2 is 1.87 bits per heavy atom. The molecule has 4 rings (SSSR count). The largest absolute Gasteiger partial charge is 0.497 e. The Morgan fingerprint density at radius 3 is 2.53 bits per heavy atom. The van der Waals surface area contributed by atoms with Gasteiger partial charge < -0.3 is 15.2 Å². The van der Waals surface area contributed by atoms with Crippen LogP contribution >= 0.6 is 0 Å². The summed E-state index contributed by atoms with van der Waals surface area (Å²) in [5.41, 5.74) is 6.75. The Morgan fingerprint density at radius 1 is 1.08 bits per heavy atom. The van der Waals surface area contributed by atoms with Crippen molar-refractivity contribution in [1.82, 2.24) is 0 Å². The Balaban J connectivity index is 1.66. The van der Waals surface area contributed by atoms with Crippen molar-refractivity contribution in [3.05, 3.63) is 89.2 Å². The van der Waals surface area contributed by atoms with Crippen LogP contribution in [0.4, 0.5) is 10.1 Å². The summed E-state index contributed by atoms with van der Waals surface area (Å²) in [5, 5.41) is 13.0. The fourth-order valence-electron chi connectivity index (χ4n) is 5.59. The number of hydrogen-bond acceptors (Lipinski definition) is 3. The third-order valence-electron chi connectivity index (χ3n) is 7.93. The predicted octanol–water partition coefficient (Wildman–Crippen LogP) is 8.53. The number of hydrogen-bond donors (Lipinski definition) is 2. The lowest BCUT2D eigenvalue weighted by Crippen LogP contribution is -2.18. The van der Waals surface area contributed by atoms with E-state index in [4.69, 9.17) is 4.74 Å². The Labute approximate surface area is 225 Å². The van der Waals surface area contributed by atoms with Crippen molar-refractivity contribution in [3.63, 3.8) is 0 Å². The van der Waals surface area contributed by atoms with Crippen LogP contribution in [0.5, 0.6) is 5.75 Å². The van der Waals surface area contributed by atoms with Crippen LogP contribution in [0.3, 0.4) is 0 Å².